The highest BCUT2D eigenvalue weighted by molar-refractivity contribution is 5.71. The Balaban J connectivity index is 3.03. The van der Waals surface area contributed by atoms with Gasteiger partial charge in [0.1, 0.15) is 0 Å². The third-order valence-corrected chi connectivity index (χ3v) is 2.33. The topological polar surface area (TPSA) is 67.4 Å². The smallest absolute Gasteiger partial charge is 0.319 e. The maximum absolute atomic E-state index is 11.0. The number of amides is 1. The van der Waals surface area contributed by atoms with Gasteiger partial charge in [-0.05, 0) is 26.3 Å². The van der Waals surface area contributed by atoms with Crippen molar-refractivity contribution in [1.29, 1.82) is 0 Å². The van der Waals surface area contributed by atoms with Crippen molar-refractivity contribution in [2.24, 2.45) is 0 Å². The Labute approximate surface area is 103 Å². The summed E-state index contributed by atoms with van der Waals surface area (Å²) in [6.45, 7) is 4.17. The lowest BCUT2D eigenvalue weighted by Gasteiger charge is -2.04. The second kappa shape index (κ2) is 13.0. The molecule has 0 atom stereocenters. The van der Waals surface area contributed by atoms with Crippen LogP contribution < -0.4 is 10.6 Å². The lowest BCUT2D eigenvalue weighted by atomic mass is 10.1. The van der Waals surface area contributed by atoms with E-state index in [0.29, 0.717) is 13.2 Å². The summed E-state index contributed by atoms with van der Waals surface area (Å²) in [7, 11) is 0. The van der Waals surface area contributed by atoms with Gasteiger partial charge >= 0.3 is 5.97 Å². The Morgan fingerprint density at radius 1 is 1.12 bits per heavy atom. The zero-order valence-electron chi connectivity index (χ0n) is 10.7. The van der Waals surface area contributed by atoms with E-state index in [1.54, 1.807) is 6.92 Å². The van der Waals surface area contributed by atoms with Crippen LogP contribution in [0.1, 0.15) is 39.0 Å². The van der Waals surface area contributed by atoms with Gasteiger partial charge in [0.2, 0.25) is 6.41 Å². The number of nitrogens with one attached hydrogen (secondary N) is 2. The minimum absolute atomic E-state index is 0.188. The van der Waals surface area contributed by atoms with Crippen LogP contribution >= 0.6 is 0 Å². The van der Waals surface area contributed by atoms with Crippen molar-refractivity contribution in [3.63, 3.8) is 0 Å². The van der Waals surface area contributed by atoms with Gasteiger partial charge in [-0.25, -0.2) is 0 Å². The molecular formula is C12H24N2O3. The lowest BCUT2D eigenvalue weighted by molar-refractivity contribution is -0.142. The molecule has 0 heterocycles. The van der Waals surface area contributed by atoms with Gasteiger partial charge in [-0.1, -0.05) is 19.3 Å². The monoisotopic (exact) mass is 244 g/mol. The van der Waals surface area contributed by atoms with Crippen LogP contribution in [0.15, 0.2) is 0 Å². The van der Waals surface area contributed by atoms with E-state index in [4.69, 9.17) is 4.74 Å². The normalized spacial score (nSPS) is 9.94. The Morgan fingerprint density at radius 2 is 1.76 bits per heavy atom. The van der Waals surface area contributed by atoms with Crippen LogP contribution in [0.25, 0.3) is 0 Å². The molecule has 17 heavy (non-hydrogen) atoms. The van der Waals surface area contributed by atoms with Crippen LogP contribution in [0.2, 0.25) is 0 Å². The van der Waals surface area contributed by atoms with Gasteiger partial charge in [0.05, 0.1) is 13.2 Å². The van der Waals surface area contributed by atoms with Gasteiger partial charge in [0.15, 0.2) is 0 Å². The fraction of sp³-hybridized carbons (Fsp3) is 0.833. The average molecular weight is 244 g/mol. The third-order valence-electron chi connectivity index (χ3n) is 2.33. The fourth-order valence-electron chi connectivity index (χ4n) is 1.47. The summed E-state index contributed by atoms with van der Waals surface area (Å²) in [6.07, 6.45) is 6.30. The Bertz CT molecular complexity index is 198. The first-order valence-electron chi connectivity index (χ1n) is 6.34. The van der Waals surface area contributed by atoms with Crippen molar-refractivity contribution in [2.45, 2.75) is 39.0 Å². The molecule has 100 valence electrons. The van der Waals surface area contributed by atoms with Gasteiger partial charge in [0.25, 0.3) is 0 Å². The summed E-state index contributed by atoms with van der Waals surface area (Å²) in [5.41, 5.74) is 0. The molecule has 0 saturated carbocycles. The highest BCUT2D eigenvalue weighted by Gasteiger charge is 1.99. The molecule has 0 radical (unpaired) electrons. The minimum Gasteiger partial charge on any atom is -0.465 e. The van der Waals surface area contributed by atoms with E-state index >= 15 is 0 Å². The molecule has 0 aliphatic carbocycles. The third kappa shape index (κ3) is 12.8. The summed E-state index contributed by atoms with van der Waals surface area (Å²) in [4.78, 5) is 20.9. The van der Waals surface area contributed by atoms with Crippen molar-refractivity contribution in [2.75, 3.05) is 26.2 Å². The number of hydrogen-bond acceptors (Lipinski definition) is 4. The van der Waals surface area contributed by atoms with Crippen molar-refractivity contribution in [1.82, 2.24) is 10.6 Å². The molecule has 0 rings (SSSR count). The SMILES string of the molecule is CCOC(=O)CNCCCCCCCNC=O. The quantitative estimate of drug-likeness (QED) is 0.303. The largest absolute Gasteiger partial charge is 0.465 e. The molecular weight excluding hydrogens is 220 g/mol. The van der Waals surface area contributed by atoms with E-state index in [1.165, 1.54) is 6.42 Å². The highest BCUT2D eigenvalue weighted by Crippen LogP contribution is 2.01. The molecule has 1 amide bonds. The van der Waals surface area contributed by atoms with Crippen molar-refractivity contribution in [3.05, 3.63) is 0 Å². The molecule has 0 unspecified atom stereocenters. The van der Waals surface area contributed by atoms with Crippen LogP contribution in [0, 0.1) is 0 Å². The number of esters is 1. The van der Waals surface area contributed by atoms with E-state index in [9.17, 15) is 9.59 Å². The first-order valence-corrected chi connectivity index (χ1v) is 6.34. The molecule has 0 aliphatic rings. The molecule has 0 bridgehead atoms. The molecule has 0 aromatic carbocycles. The number of ether oxygens (including phenoxy) is 1. The molecule has 5 nitrogen and oxygen atoms in total. The standard InChI is InChI=1S/C12H24N2O3/c1-2-17-12(16)10-13-8-6-4-3-5-7-9-14-11-15/h11,13H,2-10H2,1H3,(H,14,15). The number of rotatable bonds is 12. The molecule has 0 spiro atoms. The lowest BCUT2D eigenvalue weighted by Crippen LogP contribution is -2.25. The fourth-order valence-corrected chi connectivity index (χ4v) is 1.47. The van der Waals surface area contributed by atoms with Crippen LogP contribution in [0.4, 0.5) is 0 Å². The van der Waals surface area contributed by atoms with Crippen LogP contribution in [0.5, 0.6) is 0 Å². The maximum Gasteiger partial charge on any atom is 0.319 e. The maximum atomic E-state index is 11.0. The zero-order chi connectivity index (χ0) is 12.8. The van der Waals surface area contributed by atoms with Crippen molar-refractivity contribution >= 4 is 12.4 Å². The van der Waals surface area contributed by atoms with E-state index in [0.717, 1.165) is 45.2 Å². The Morgan fingerprint density at radius 3 is 2.41 bits per heavy atom. The van der Waals surface area contributed by atoms with Gasteiger partial charge in [-0.3, -0.25) is 9.59 Å². The molecule has 0 aliphatic heterocycles. The first-order chi connectivity index (χ1) is 8.31. The van der Waals surface area contributed by atoms with Gasteiger partial charge in [0, 0.05) is 6.54 Å². The van der Waals surface area contributed by atoms with Crippen LogP contribution in [0.3, 0.4) is 0 Å². The molecule has 0 aromatic rings. The number of hydrogen-bond donors (Lipinski definition) is 2. The minimum atomic E-state index is -0.188. The Hall–Kier alpha value is -1.10. The van der Waals surface area contributed by atoms with Gasteiger partial charge in [-0.2, -0.15) is 0 Å². The van der Waals surface area contributed by atoms with Crippen LogP contribution in [-0.4, -0.2) is 38.6 Å². The van der Waals surface area contributed by atoms with E-state index in [-0.39, 0.29) is 5.97 Å². The summed E-state index contributed by atoms with van der Waals surface area (Å²) in [5.74, 6) is -0.188. The second-order valence-electron chi connectivity index (χ2n) is 3.82. The average Bonchev–Trinajstić information content (AvgIpc) is 2.32. The molecule has 0 saturated heterocycles. The number of carbonyl (C=O) groups is 2. The molecule has 0 aromatic heterocycles. The van der Waals surface area contributed by atoms with Crippen molar-refractivity contribution in [3.8, 4) is 0 Å². The van der Waals surface area contributed by atoms with Crippen molar-refractivity contribution < 1.29 is 14.3 Å². The van der Waals surface area contributed by atoms with Gasteiger partial charge in [-0.15, -0.1) is 0 Å². The molecule has 5 heteroatoms. The van der Waals surface area contributed by atoms with Gasteiger partial charge < -0.3 is 15.4 Å². The highest BCUT2D eigenvalue weighted by atomic mass is 16.5. The van der Waals surface area contributed by atoms with E-state index in [2.05, 4.69) is 10.6 Å². The summed E-state index contributed by atoms with van der Waals surface area (Å²) in [6, 6.07) is 0. The van der Waals surface area contributed by atoms with Crippen LogP contribution in [-0.2, 0) is 14.3 Å². The van der Waals surface area contributed by atoms with E-state index < -0.39 is 0 Å². The number of unbranched alkanes of at least 4 members (excludes halogenated alkanes) is 4. The number of carbonyl (C=O) groups excluding carboxylic acids is 2. The second-order valence-corrected chi connectivity index (χ2v) is 3.82. The summed E-state index contributed by atoms with van der Waals surface area (Å²) < 4.78 is 4.79. The zero-order valence-corrected chi connectivity index (χ0v) is 10.7. The predicted molar refractivity (Wildman–Crippen MR) is 66.7 cm³/mol. The predicted octanol–water partition coefficient (Wildman–Crippen LogP) is 0.836. The van der Waals surface area contributed by atoms with E-state index in [1.807, 2.05) is 0 Å². The first kappa shape index (κ1) is 15.9. The molecule has 2 N–H and O–H groups in total. The summed E-state index contributed by atoms with van der Waals surface area (Å²) >= 11 is 0. The molecule has 0 fully saturated rings. The summed E-state index contributed by atoms with van der Waals surface area (Å²) in [5, 5.41) is 5.69. The Kier molecular flexibility index (Phi) is 12.1.